The molecule has 0 atom stereocenters. The molecule has 0 fully saturated rings. The topological polar surface area (TPSA) is 78.6 Å². The Morgan fingerprint density at radius 1 is 1.50 bits per heavy atom. The van der Waals surface area contributed by atoms with Crippen LogP contribution in [-0.4, -0.2) is 42.7 Å². The minimum absolute atomic E-state index is 0.0856. The van der Waals surface area contributed by atoms with E-state index < -0.39 is 0 Å². The quantitative estimate of drug-likeness (QED) is 0.679. The van der Waals surface area contributed by atoms with Crippen LogP contribution in [0.4, 0.5) is 11.4 Å². The van der Waals surface area contributed by atoms with Crippen LogP contribution in [0.3, 0.4) is 0 Å². The molecule has 1 amide bonds. The van der Waals surface area contributed by atoms with Gasteiger partial charge in [0, 0.05) is 24.5 Å². The van der Waals surface area contributed by atoms with Gasteiger partial charge in [-0.1, -0.05) is 11.6 Å². The van der Waals surface area contributed by atoms with Crippen LogP contribution in [0.1, 0.15) is 6.42 Å². The Hall–Kier alpha value is -1.30. The predicted molar refractivity (Wildman–Crippen MR) is 73.7 cm³/mol. The number of nitrogen functional groups attached to an aromatic ring is 1. The summed E-state index contributed by atoms with van der Waals surface area (Å²) < 4.78 is 0. The fourth-order valence-electron chi connectivity index (χ4n) is 1.44. The number of nitrogens with one attached hydrogen (secondary N) is 1. The molecule has 100 valence electrons. The normalized spacial score (nSPS) is 10.7. The van der Waals surface area contributed by atoms with E-state index in [1.165, 1.54) is 0 Å². The number of nitrogens with two attached hydrogens (primary N) is 1. The van der Waals surface area contributed by atoms with E-state index in [1.807, 2.05) is 11.9 Å². The van der Waals surface area contributed by atoms with Gasteiger partial charge in [0.1, 0.15) is 0 Å². The summed E-state index contributed by atoms with van der Waals surface area (Å²) in [4.78, 5) is 13.5. The van der Waals surface area contributed by atoms with Crippen molar-refractivity contribution in [3.05, 3.63) is 23.2 Å². The second kappa shape index (κ2) is 7.20. The van der Waals surface area contributed by atoms with Crippen molar-refractivity contribution in [3.63, 3.8) is 0 Å². The zero-order valence-electron chi connectivity index (χ0n) is 10.3. The maximum Gasteiger partial charge on any atom is 0.225 e. The highest BCUT2D eigenvalue weighted by molar-refractivity contribution is 6.31. The number of anilines is 2. The smallest absolute Gasteiger partial charge is 0.225 e. The van der Waals surface area contributed by atoms with Gasteiger partial charge in [0.05, 0.1) is 18.0 Å². The Morgan fingerprint density at radius 2 is 2.22 bits per heavy atom. The van der Waals surface area contributed by atoms with Crippen LogP contribution in [0, 0.1) is 0 Å². The van der Waals surface area contributed by atoms with Crippen molar-refractivity contribution in [2.45, 2.75) is 6.42 Å². The van der Waals surface area contributed by atoms with Gasteiger partial charge in [-0.25, -0.2) is 0 Å². The average Bonchev–Trinajstić information content (AvgIpc) is 2.31. The molecule has 0 unspecified atom stereocenters. The van der Waals surface area contributed by atoms with Crippen molar-refractivity contribution in [2.75, 3.05) is 37.8 Å². The van der Waals surface area contributed by atoms with E-state index >= 15 is 0 Å². The van der Waals surface area contributed by atoms with Crippen LogP contribution in [0.2, 0.25) is 5.02 Å². The molecule has 1 rings (SSSR count). The number of likely N-dealkylation sites (N-methyl/N-ethyl adjacent to an activating group) is 1. The first-order valence-corrected chi connectivity index (χ1v) is 6.05. The number of halogens is 1. The molecule has 0 aromatic heterocycles. The molecule has 1 aromatic rings. The molecule has 0 aliphatic carbocycles. The van der Waals surface area contributed by atoms with E-state index in [4.69, 9.17) is 22.4 Å². The van der Waals surface area contributed by atoms with Gasteiger partial charge in [0.25, 0.3) is 0 Å². The van der Waals surface area contributed by atoms with Gasteiger partial charge in [-0.15, -0.1) is 0 Å². The molecular weight excluding hydrogens is 254 g/mol. The maximum absolute atomic E-state index is 11.7. The largest absolute Gasteiger partial charge is 0.397 e. The standard InChI is InChI=1S/C12H18ClN3O2/c1-16(6-7-17)5-4-12(18)15-11-3-2-9(13)8-10(11)14/h2-3,8,17H,4-7,14H2,1H3,(H,15,18). The minimum Gasteiger partial charge on any atom is -0.397 e. The molecule has 6 heteroatoms. The summed E-state index contributed by atoms with van der Waals surface area (Å²) in [5.41, 5.74) is 6.74. The van der Waals surface area contributed by atoms with E-state index in [9.17, 15) is 4.79 Å². The van der Waals surface area contributed by atoms with E-state index in [0.717, 1.165) is 0 Å². The zero-order valence-corrected chi connectivity index (χ0v) is 11.1. The molecule has 4 N–H and O–H groups in total. The van der Waals surface area contributed by atoms with Crippen molar-refractivity contribution >= 4 is 28.9 Å². The summed E-state index contributed by atoms with van der Waals surface area (Å²) in [5, 5.41) is 12.0. The lowest BCUT2D eigenvalue weighted by molar-refractivity contribution is -0.116. The second-order valence-corrected chi connectivity index (χ2v) is 4.49. The van der Waals surface area contributed by atoms with E-state index in [2.05, 4.69) is 5.32 Å². The second-order valence-electron chi connectivity index (χ2n) is 4.06. The summed E-state index contributed by atoms with van der Waals surface area (Å²) in [7, 11) is 1.85. The molecule has 0 heterocycles. The Balaban J connectivity index is 2.44. The van der Waals surface area contributed by atoms with Gasteiger partial charge in [-0.05, 0) is 25.2 Å². The minimum atomic E-state index is -0.117. The number of hydrogen-bond donors (Lipinski definition) is 3. The number of aliphatic hydroxyl groups excluding tert-OH is 1. The molecule has 0 saturated heterocycles. The Kier molecular flexibility index (Phi) is 5.91. The van der Waals surface area contributed by atoms with Gasteiger partial charge >= 0.3 is 0 Å². The van der Waals surface area contributed by atoms with Gasteiger partial charge in [0.2, 0.25) is 5.91 Å². The number of carbonyl (C=O) groups excluding carboxylic acids is 1. The highest BCUT2D eigenvalue weighted by atomic mass is 35.5. The number of nitrogens with zero attached hydrogens (tertiary/aromatic N) is 1. The Morgan fingerprint density at radius 3 is 2.83 bits per heavy atom. The van der Waals surface area contributed by atoms with Crippen LogP contribution in [0.25, 0.3) is 0 Å². The third-order valence-electron chi connectivity index (χ3n) is 2.49. The van der Waals surface area contributed by atoms with Crippen molar-refractivity contribution in [1.29, 1.82) is 0 Å². The first kappa shape index (κ1) is 14.8. The van der Waals surface area contributed by atoms with Crippen molar-refractivity contribution in [3.8, 4) is 0 Å². The van der Waals surface area contributed by atoms with Crippen molar-refractivity contribution in [2.24, 2.45) is 0 Å². The van der Waals surface area contributed by atoms with E-state index in [-0.39, 0.29) is 12.5 Å². The summed E-state index contributed by atoms with van der Waals surface area (Å²) in [5.74, 6) is -0.117. The Bertz CT molecular complexity index is 412. The number of carbonyl (C=O) groups is 1. The number of rotatable bonds is 6. The summed E-state index contributed by atoms with van der Waals surface area (Å²) >= 11 is 5.77. The molecular formula is C12H18ClN3O2. The lowest BCUT2D eigenvalue weighted by Gasteiger charge is -2.14. The molecule has 0 bridgehead atoms. The molecule has 0 aliphatic rings. The lowest BCUT2D eigenvalue weighted by atomic mass is 10.2. The molecule has 0 radical (unpaired) electrons. The molecule has 1 aromatic carbocycles. The molecule has 18 heavy (non-hydrogen) atoms. The Labute approximate surface area is 112 Å². The van der Waals surface area contributed by atoms with Gasteiger partial charge in [-0.3, -0.25) is 4.79 Å². The van der Waals surface area contributed by atoms with Crippen molar-refractivity contribution in [1.82, 2.24) is 4.90 Å². The first-order valence-electron chi connectivity index (χ1n) is 5.67. The molecule has 0 aliphatic heterocycles. The average molecular weight is 272 g/mol. The summed E-state index contributed by atoms with van der Waals surface area (Å²) in [6.45, 7) is 1.22. The molecule has 5 nitrogen and oxygen atoms in total. The highest BCUT2D eigenvalue weighted by Gasteiger charge is 2.07. The molecule has 0 spiro atoms. The van der Waals surface area contributed by atoms with Crippen LogP contribution >= 0.6 is 11.6 Å². The van der Waals surface area contributed by atoms with Gasteiger partial charge in [0.15, 0.2) is 0 Å². The lowest BCUT2D eigenvalue weighted by Crippen LogP contribution is -2.26. The van der Waals surface area contributed by atoms with Crippen molar-refractivity contribution < 1.29 is 9.90 Å². The van der Waals surface area contributed by atoms with Crippen LogP contribution in [0.15, 0.2) is 18.2 Å². The van der Waals surface area contributed by atoms with Crippen LogP contribution in [0.5, 0.6) is 0 Å². The molecule has 0 saturated carbocycles. The number of hydrogen-bond acceptors (Lipinski definition) is 4. The fourth-order valence-corrected chi connectivity index (χ4v) is 1.62. The van der Waals surface area contributed by atoms with E-state index in [1.54, 1.807) is 18.2 Å². The van der Waals surface area contributed by atoms with Crippen LogP contribution in [-0.2, 0) is 4.79 Å². The third kappa shape index (κ3) is 4.91. The van der Waals surface area contributed by atoms with Crippen LogP contribution < -0.4 is 11.1 Å². The first-order chi connectivity index (χ1) is 8.52. The summed E-state index contributed by atoms with van der Waals surface area (Å²) in [6.07, 6.45) is 0.346. The van der Waals surface area contributed by atoms with E-state index in [0.29, 0.717) is 35.9 Å². The SMILES string of the molecule is CN(CCO)CCC(=O)Nc1ccc(Cl)cc1N. The highest BCUT2D eigenvalue weighted by Crippen LogP contribution is 2.22. The predicted octanol–water partition coefficient (Wildman–Crippen LogP) is 1.17. The number of benzene rings is 1. The summed E-state index contributed by atoms with van der Waals surface area (Å²) in [6, 6.07) is 4.94. The zero-order chi connectivity index (χ0) is 13.5. The van der Waals surface area contributed by atoms with Gasteiger partial charge in [-0.2, -0.15) is 0 Å². The monoisotopic (exact) mass is 271 g/mol. The third-order valence-corrected chi connectivity index (χ3v) is 2.73. The maximum atomic E-state index is 11.7. The number of aliphatic hydroxyl groups is 1. The number of amides is 1. The fraction of sp³-hybridized carbons (Fsp3) is 0.417. The van der Waals surface area contributed by atoms with Gasteiger partial charge < -0.3 is 21.1 Å².